The summed E-state index contributed by atoms with van der Waals surface area (Å²) < 4.78 is 5.39. The number of hydrogen-bond donors (Lipinski definition) is 2. The summed E-state index contributed by atoms with van der Waals surface area (Å²) in [6, 6.07) is 23.8. The van der Waals surface area contributed by atoms with Crippen LogP contribution >= 0.6 is 0 Å². The van der Waals surface area contributed by atoms with Crippen molar-refractivity contribution in [2.75, 3.05) is 18.5 Å². The molecule has 24 heavy (non-hydrogen) atoms. The van der Waals surface area contributed by atoms with Gasteiger partial charge >= 0.3 is 0 Å². The van der Waals surface area contributed by atoms with E-state index < -0.39 is 0 Å². The van der Waals surface area contributed by atoms with Gasteiger partial charge in [-0.3, -0.25) is 4.98 Å². The number of rotatable bonds is 7. The summed E-state index contributed by atoms with van der Waals surface area (Å²) in [5, 5.41) is 12.3. The third kappa shape index (κ3) is 4.12. The fraction of sp³-hybridized carbons (Fsp3) is 0.150. The van der Waals surface area contributed by atoms with Crippen molar-refractivity contribution < 1.29 is 9.84 Å². The maximum atomic E-state index is 8.81. The smallest absolute Gasteiger partial charge is 0.119 e. The van der Waals surface area contributed by atoms with Crippen molar-refractivity contribution in [2.24, 2.45) is 0 Å². The predicted molar refractivity (Wildman–Crippen MR) is 95.2 cm³/mol. The molecular weight excluding hydrogens is 300 g/mol. The van der Waals surface area contributed by atoms with Gasteiger partial charge in [0.15, 0.2) is 0 Å². The molecule has 0 bridgehead atoms. The fourth-order valence-electron chi connectivity index (χ4n) is 2.50. The zero-order chi connectivity index (χ0) is 16.6. The van der Waals surface area contributed by atoms with Gasteiger partial charge in [0, 0.05) is 11.9 Å². The molecule has 0 saturated heterocycles. The minimum atomic E-state index is -0.0309. The standard InChI is InChI=1S/C20H20N2O2/c23-14-15-24-18-11-9-17(10-12-18)22-20(16-6-2-1-3-7-16)19-8-4-5-13-21-19/h1-13,20,22-23H,14-15H2. The Bertz CT molecular complexity index is 691. The second kappa shape index (κ2) is 8.13. The molecule has 1 heterocycles. The lowest BCUT2D eigenvalue weighted by molar-refractivity contribution is 0.201. The Kier molecular flexibility index (Phi) is 5.43. The minimum absolute atomic E-state index is 0.00968. The maximum Gasteiger partial charge on any atom is 0.119 e. The molecule has 3 aromatic rings. The monoisotopic (exact) mass is 320 g/mol. The highest BCUT2D eigenvalue weighted by atomic mass is 16.5. The number of ether oxygens (including phenoxy) is 1. The summed E-state index contributed by atoms with van der Waals surface area (Å²) in [6.07, 6.45) is 1.80. The Hall–Kier alpha value is -2.85. The molecule has 1 aromatic heterocycles. The van der Waals surface area contributed by atoms with Gasteiger partial charge in [0.2, 0.25) is 0 Å². The van der Waals surface area contributed by atoms with E-state index in [0.717, 1.165) is 22.7 Å². The van der Waals surface area contributed by atoms with E-state index in [1.807, 2.05) is 60.7 Å². The first kappa shape index (κ1) is 16.0. The molecule has 1 unspecified atom stereocenters. The molecule has 4 heteroatoms. The molecule has 0 spiro atoms. The SMILES string of the molecule is OCCOc1ccc(NC(c2ccccc2)c2ccccn2)cc1. The lowest BCUT2D eigenvalue weighted by Crippen LogP contribution is -2.13. The van der Waals surface area contributed by atoms with Crippen LogP contribution in [0.2, 0.25) is 0 Å². The first-order valence-electron chi connectivity index (χ1n) is 7.93. The first-order chi connectivity index (χ1) is 11.9. The van der Waals surface area contributed by atoms with Crippen LogP contribution in [0.4, 0.5) is 5.69 Å². The summed E-state index contributed by atoms with van der Waals surface area (Å²) in [4.78, 5) is 4.49. The zero-order valence-corrected chi connectivity index (χ0v) is 13.3. The Balaban J connectivity index is 1.82. The molecule has 0 saturated carbocycles. The molecule has 4 nitrogen and oxygen atoms in total. The van der Waals surface area contributed by atoms with Crippen LogP contribution in [0.15, 0.2) is 79.0 Å². The lowest BCUT2D eigenvalue weighted by atomic mass is 10.0. The van der Waals surface area contributed by atoms with Crippen LogP contribution in [0, 0.1) is 0 Å². The number of aliphatic hydroxyl groups excluding tert-OH is 1. The Morgan fingerprint density at radius 1 is 0.917 bits per heavy atom. The zero-order valence-electron chi connectivity index (χ0n) is 13.3. The third-order valence-corrected chi connectivity index (χ3v) is 3.64. The normalized spacial score (nSPS) is 11.7. The number of pyridine rings is 1. The van der Waals surface area contributed by atoms with Crippen molar-refractivity contribution in [1.82, 2.24) is 4.98 Å². The van der Waals surface area contributed by atoms with E-state index in [2.05, 4.69) is 22.4 Å². The van der Waals surface area contributed by atoms with Gasteiger partial charge in [-0.15, -0.1) is 0 Å². The molecule has 2 N–H and O–H groups in total. The molecule has 0 radical (unpaired) electrons. The van der Waals surface area contributed by atoms with Crippen LogP contribution in [-0.4, -0.2) is 23.3 Å². The van der Waals surface area contributed by atoms with Crippen LogP contribution in [-0.2, 0) is 0 Å². The van der Waals surface area contributed by atoms with Crippen molar-refractivity contribution >= 4 is 5.69 Å². The van der Waals surface area contributed by atoms with E-state index in [9.17, 15) is 0 Å². The van der Waals surface area contributed by atoms with Crippen molar-refractivity contribution in [3.05, 3.63) is 90.3 Å². The van der Waals surface area contributed by atoms with Crippen LogP contribution in [0.5, 0.6) is 5.75 Å². The van der Waals surface area contributed by atoms with Crippen LogP contribution in [0.1, 0.15) is 17.3 Å². The highest BCUT2D eigenvalue weighted by Crippen LogP contribution is 2.26. The van der Waals surface area contributed by atoms with Crippen LogP contribution in [0.3, 0.4) is 0 Å². The van der Waals surface area contributed by atoms with Crippen molar-refractivity contribution in [3.8, 4) is 5.75 Å². The molecule has 122 valence electrons. The Morgan fingerprint density at radius 3 is 2.33 bits per heavy atom. The van der Waals surface area contributed by atoms with E-state index in [-0.39, 0.29) is 12.6 Å². The van der Waals surface area contributed by atoms with Crippen molar-refractivity contribution in [1.29, 1.82) is 0 Å². The van der Waals surface area contributed by atoms with E-state index in [1.54, 1.807) is 6.20 Å². The summed E-state index contributed by atoms with van der Waals surface area (Å²) in [5.41, 5.74) is 3.09. The van der Waals surface area contributed by atoms with Crippen LogP contribution < -0.4 is 10.1 Å². The summed E-state index contributed by atoms with van der Waals surface area (Å²) in [5.74, 6) is 0.740. The number of anilines is 1. The Morgan fingerprint density at radius 2 is 1.67 bits per heavy atom. The van der Waals surface area contributed by atoms with Gasteiger partial charge in [-0.2, -0.15) is 0 Å². The van der Waals surface area contributed by atoms with Gasteiger partial charge in [0.25, 0.3) is 0 Å². The summed E-state index contributed by atoms with van der Waals surface area (Å²) in [7, 11) is 0. The lowest BCUT2D eigenvalue weighted by Gasteiger charge is -2.20. The fourth-order valence-corrected chi connectivity index (χ4v) is 2.50. The third-order valence-electron chi connectivity index (χ3n) is 3.64. The summed E-state index contributed by atoms with van der Waals surface area (Å²) in [6.45, 7) is 0.309. The van der Waals surface area contributed by atoms with E-state index in [4.69, 9.17) is 9.84 Å². The number of nitrogens with zero attached hydrogens (tertiary/aromatic N) is 1. The highest BCUT2D eigenvalue weighted by Gasteiger charge is 2.14. The van der Waals surface area contributed by atoms with Gasteiger partial charge in [0.05, 0.1) is 18.3 Å². The van der Waals surface area contributed by atoms with E-state index in [1.165, 1.54) is 0 Å². The maximum absolute atomic E-state index is 8.81. The molecule has 0 fully saturated rings. The minimum Gasteiger partial charge on any atom is -0.491 e. The number of nitrogens with one attached hydrogen (secondary N) is 1. The van der Waals surface area contributed by atoms with Gasteiger partial charge in [0.1, 0.15) is 12.4 Å². The molecule has 2 aromatic carbocycles. The Labute approximate surface area is 141 Å². The molecular formula is C20H20N2O2. The molecule has 1 atom stereocenters. The van der Waals surface area contributed by atoms with Crippen molar-refractivity contribution in [2.45, 2.75) is 6.04 Å². The number of hydrogen-bond acceptors (Lipinski definition) is 4. The number of aliphatic hydroxyl groups is 1. The van der Waals surface area contributed by atoms with Crippen LogP contribution in [0.25, 0.3) is 0 Å². The average molecular weight is 320 g/mol. The molecule has 0 aliphatic heterocycles. The topological polar surface area (TPSA) is 54.4 Å². The largest absolute Gasteiger partial charge is 0.491 e. The van der Waals surface area contributed by atoms with Gasteiger partial charge in [-0.25, -0.2) is 0 Å². The molecule has 0 aliphatic carbocycles. The number of benzene rings is 2. The van der Waals surface area contributed by atoms with Gasteiger partial charge in [-0.05, 0) is 42.0 Å². The van der Waals surface area contributed by atoms with E-state index in [0.29, 0.717) is 6.61 Å². The second-order valence-electron chi connectivity index (χ2n) is 5.34. The van der Waals surface area contributed by atoms with Crippen molar-refractivity contribution in [3.63, 3.8) is 0 Å². The highest BCUT2D eigenvalue weighted by molar-refractivity contribution is 5.50. The van der Waals surface area contributed by atoms with Gasteiger partial charge in [-0.1, -0.05) is 36.4 Å². The van der Waals surface area contributed by atoms with Gasteiger partial charge < -0.3 is 15.2 Å². The summed E-state index contributed by atoms with van der Waals surface area (Å²) >= 11 is 0. The number of aromatic nitrogens is 1. The molecule has 0 amide bonds. The average Bonchev–Trinajstić information content (AvgIpc) is 2.67. The molecule has 0 aliphatic rings. The first-order valence-corrected chi connectivity index (χ1v) is 7.93. The predicted octanol–water partition coefficient (Wildman–Crippen LogP) is 3.65. The second-order valence-corrected chi connectivity index (χ2v) is 5.34. The van der Waals surface area contributed by atoms with E-state index >= 15 is 0 Å². The quantitative estimate of drug-likeness (QED) is 0.697. The molecule has 3 rings (SSSR count).